The van der Waals surface area contributed by atoms with Crippen LogP contribution in [0.2, 0.25) is 5.02 Å². The molecule has 0 aliphatic carbocycles. The number of hydrogen-bond acceptors (Lipinski definition) is 4. The highest BCUT2D eigenvalue weighted by Crippen LogP contribution is 2.26. The Bertz CT molecular complexity index is 693. The standard InChI is InChI=1S/C19H23ClN2O3/c1-24-13-16-8-9-18(25-16)19(23)21-12-17(22-10-2-3-11-22)14-4-6-15(20)7-5-14/h4-9,17H,2-3,10-13H2,1H3,(H,21,23)/t17-/m1/s1. The number of halogens is 1. The van der Waals surface area contributed by atoms with Crippen LogP contribution in [0, 0.1) is 0 Å². The number of rotatable bonds is 7. The van der Waals surface area contributed by atoms with Gasteiger partial charge in [-0.1, -0.05) is 23.7 Å². The van der Waals surface area contributed by atoms with Gasteiger partial charge in [0.1, 0.15) is 12.4 Å². The molecule has 134 valence electrons. The van der Waals surface area contributed by atoms with Gasteiger partial charge in [0.25, 0.3) is 5.91 Å². The first-order chi connectivity index (χ1) is 12.2. The summed E-state index contributed by atoms with van der Waals surface area (Å²) in [4.78, 5) is 14.8. The summed E-state index contributed by atoms with van der Waals surface area (Å²) < 4.78 is 10.5. The number of methoxy groups -OCH3 is 1. The van der Waals surface area contributed by atoms with Crippen molar-refractivity contribution in [3.63, 3.8) is 0 Å². The molecule has 2 aromatic rings. The lowest BCUT2D eigenvalue weighted by atomic mass is 10.1. The zero-order chi connectivity index (χ0) is 17.6. The van der Waals surface area contributed by atoms with Gasteiger partial charge in [-0.05, 0) is 55.8 Å². The molecule has 1 fully saturated rings. The SMILES string of the molecule is COCc1ccc(C(=O)NC[C@H](c2ccc(Cl)cc2)N2CCCC2)o1. The Morgan fingerprint density at radius 2 is 1.96 bits per heavy atom. The van der Waals surface area contributed by atoms with E-state index in [9.17, 15) is 4.79 Å². The molecule has 0 radical (unpaired) electrons. The third-order valence-electron chi connectivity index (χ3n) is 4.46. The smallest absolute Gasteiger partial charge is 0.287 e. The van der Waals surface area contributed by atoms with E-state index in [1.165, 1.54) is 12.8 Å². The number of amides is 1. The first-order valence-electron chi connectivity index (χ1n) is 8.53. The maximum atomic E-state index is 12.4. The molecule has 1 aromatic heterocycles. The molecule has 0 bridgehead atoms. The molecule has 25 heavy (non-hydrogen) atoms. The van der Waals surface area contributed by atoms with Crippen molar-refractivity contribution in [1.82, 2.24) is 10.2 Å². The molecular formula is C19H23ClN2O3. The van der Waals surface area contributed by atoms with E-state index >= 15 is 0 Å². The maximum absolute atomic E-state index is 12.4. The highest BCUT2D eigenvalue weighted by atomic mass is 35.5. The summed E-state index contributed by atoms with van der Waals surface area (Å²) in [5.41, 5.74) is 1.16. The molecule has 1 saturated heterocycles. The van der Waals surface area contributed by atoms with Crippen LogP contribution in [0.15, 0.2) is 40.8 Å². The molecule has 1 aliphatic heterocycles. The third-order valence-corrected chi connectivity index (χ3v) is 4.72. The molecular weight excluding hydrogens is 340 g/mol. The number of carbonyl (C=O) groups is 1. The second-order valence-corrected chi connectivity index (χ2v) is 6.66. The largest absolute Gasteiger partial charge is 0.453 e. The molecule has 1 amide bonds. The van der Waals surface area contributed by atoms with Crippen molar-refractivity contribution in [2.24, 2.45) is 0 Å². The van der Waals surface area contributed by atoms with Crippen LogP contribution in [0.25, 0.3) is 0 Å². The Balaban J connectivity index is 1.67. The second-order valence-electron chi connectivity index (χ2n) is 6.22. The van der Waals surface area contributed by atoms with Crippen molar-refractivity contribution >= 4 is 17.5 Å². The molecule has 1 atom stereocenters. The van der Waals surface area contributed by atoms with Crippen LogP contribution in [-0.2, 0) is 11.3 Å². The van der Waals surface area contributed by atoms with E-state index < -0.39 is 0 Å². The number of ether oxygens (including phenoxy) is 1. The van der Waals surface area contributed by atoms with Crippen molar-refractivity contribution in [3.8, 4) is 0 Å². The summed E-state index contributed by atoms with van der Waals surface area (Å²) in [5, 5.41) is 3.71. The van der Waals surface area contributed by atoms with Gasteiger partial charge in [-0.25, -0.2) is 0 Å². The van der Waals surface area contributed by atoms with Gasteiger partial charge >= 0.3 is 0 Å². The van der Waals surface area contributed by atoms with Crippen molar-refractivity contribution in [2.75, 3.05) is 26.7 Å². The summed E-state index contributed by atoms with van der Waals surface area (Å²) in [5.74, 6) is 0.741. The van der Waals surface area contributed by atoms with Crippen LogP contribution in [0.3, 0.4) is 0 Å². The van der Waals surface area contributed by atoms with Gasteiger partial charge in [-0.2, -0.15) is 0 Å². The quantitative estimate of drug-likeness (QED) is 0.816. The number of benzene rings is 1. The van der Waals surface area contributed by atoms with Crippen molar-refractivity contribution < 1.29 is 13.9 Å². The van der Waals surface area contributed by atoms with Crippen LogP contribution >= 0.6 is 11.6 Å². The Morgan fingerprint density at radius 3 is 2.64 bits per heavy atom. The van der Waals surface area contributed by atoms with Crippen LogP contribution < -0.4 is 5.32 Å². The fourth-order valence-corrected chi connectivity index (χ4v) is 3.32. The number of nitrogens with one attached hydrogen (secondary N) is 1. The molecule has 5 nitrogen and oxygen atoms in total. The van der Waals surface area contributed by atoms with E-state index in [0.717, 1.165) is 18.7 Å². The lowest BCUT2D eigenvalue weighted by Gasteiger charge is -2.28. The molecule has 1 aromatic carbocycles. The Morgan fingerprint density at radius 1 is 1.24 bits per heavy atom. The van der Waals surface area contributed by atoms with Crippen LogP contribution in [-0.4, -0.2) is 37.6 Å². The zero-order valence-electron chi connectivity index (χ0n) is 14.3. The van der Waals surface area contributed by atoms with E-state index in [0.29, 0.717) is 29.7 Å². The Hall–Kier alpha value is -1.82. The van der Waals surface area contributed by atoms with Gasteiger partial charge in [0.2, 0.25) is 0 Å². The summed E-state index contributed by atoms with van der Waals surface area (Å²) in [6.07, 6.45) is 2.38. The fourth-order valence-electron chi connectivity index (χ4n) is 3.19. The molecule has 1 N–H and O–H groups in total. The summed E-state index contributed by atoms with van der Waals surface area (Å²) >= 11 is 6.01. The van der Waals surface area contributed by atoms with E-state index in [1.54, 1.807) is 19.2 Å². The predicted octanol–water partition coefficient (Wildman–Crippen LogP) is 3.65. The number of furan rings is 1. The van der Waals surface area contributed by atoms with Gasteiger partial charge in [0, 0.05) is 18.7 Å². The van der Waals surface area contributed by atoms with Gasteiger partial charge in [0.15, 0.2) is 5.76 Å². The highest BCUT2D eigenvalue weighted by Gasteiger charge is 2.24. The molecule has 0 unspecified atom stereocenters. The number of likely N-dealkylation sites (tertiary alicyclic amines) is 1. The lowest BCUT2D eigenvalue weighted by Crippen LogP contribution is -2.36. The molecule has 0 spiro atoms. The minimum absolute atomic E-state index is 0.136. The number of nitrogens with zero attached hydrogens (tertiary/aromatic N) is 1. The van der Waals surface area contributed by atoms with Gasteiger partial charge < -0.3 is 14.5 Å². The fraction of sp³-hybridized carbons (Fsp3) is 0.421. The first kappa shape index (κ1) is 18.0. The molecule has 3 rings (SSSR count). The minimum Gasteiger partial charge on any atom is -0.453 e. The topological polar surface area (TPSA) is 54.7 Å². The molecule has 2 heterocycles. The van der Waals surface area contributed by atoms with E-state index in [1.807, 2.05) is 24.3 Å². The monoisotopic (exact) mass is 362 g/mol. The van der Waals surface area contributed by atoms with Crippen LogP contribution in [0.4, 0.5) is 0 Å². The van der Waals surface area contributed by atoms with Crippen LogP contribution in [0.1, 0.15) is 40.8 Å². The summed E-state index contributed by atoms with van der Waals surface area (Å²) in [7, 11) is 1.59. The number of hydrogen-bond donors (Lipinski definition) is 1. The average Bonchev–Trinajstić information content (AvgIpc) is 3.29. The van der Waals surface area contributed by atoms with E-state index in [-0.39, 0.29) is 11.9 Å². The normalized spacial score (nSPS) is 16.1. The Kier molecular flexibility index (Phi) is 6.13. The van der Waals surface area contributed by atoms with Gasteiger partial charge in [0.05, 0.1) is 6.04 Å². The summed E-state index contributed by atoms with van der Waals surface area (Å²) in [6, 6.07) is 11.4. The minimum atomic E-state index is -0.208. The molecule has 6 heteroatoms. The maximum Gasteiger partial charge on any atom is 0.287 e. The predicted molar refractivity (Wildman–Crippen MR) is 96.8 cm³/mol. The molecule has 1 aliphatic rings. The van der Waals surface area contributed by atoms with Crippen molar-refractivity contribution in [3.05, 3.63) is 58.5 Å². The Labute approximate surface area is 152 Å². The van der Waals surface area contributed by atoms with Crippen molar-refractivity contribution in [2.45, 2.75) is 25.5 Å². The van der Waals surface area contributed by atoms with Crippen molar-refractivity contribution in [1.29, 1.82) is 0 Å². The first-order valence-corrected chi connectivity index (χ1v) is 8.90. The van der Waals surface area contributed by atoms with E-state index in [2.05, 4.69) is 10.2 Å². The van der Waals surface area contributed by atoms with E-state index in [4.69, 9.17) is 20.8 Å². The molecule has 0 saturated carbocycles. The third kappa shape index (κ3) is 4.63. The zero-order valence-corrected chi connectivity index (χ0v) is 15.1. The summed E-state index contributed by atoms with van der Waals surface area (Å²) in [6.45, 7) is 2.97. The van der Waals surface area contributed by atoms with Gasteiger partial charge in [-0.3, -0.25) is 9.69 Å². The van der Waals surface area contributed by atoms with Crippen LogP contribution in [0.5, 0.6) is 0 Å². The number of carbonyl (C=O) groups excluding carboxylic acids is 1. The van der Waals surface area contributed by atoms with Gasteiger partial charge in [-0.15, -0.1) is 0 Å². The second kappa shape index (κ2) is 8.52. The highest BCUT2D eigenvalue weighted by molar-refractivity contribution is 6.30. The lowest BCUT2D eigenvalue weighted by molar-refractivity contribution is 0.0901. The average molecular weight is 363 g/mol.